The molecule has 1 heterocycles. The number of hydrogen-bond acceptors (Lipinski definition) is 3. The highest BCUT2D eigenvalue weighted by Crippen LogP contribution is 2.23. The molecule has 0 aliphatic carbocycles. The van der Waals surface area contributed by atoms with Gasteiger partial charge >= 0.3 is 0 Å². The van der Waals surface area contributed by atoms with Crippen molar-refractivity contribution < 1.29 is 4.74 Å². The molecule has 0 saturated heterocycles. The number of ether oxygens (including phenoxy) is 1. The first-order chi connectivity index (χ1) is 10.3. The molecule has 0 aliphatic rings. The Kier molecular flexibility index (Phi) is 3.79. The van der Waals surface area contributed by atoms with Gasteiger partial charge in [0.05, 0.1) is 10.9 Å². The molecule has 4 nitrogen and oxygen atoms in total. The Morgan fingerprint density at radius 3 is 2.57 bits per heavy atom. The van der Waals surface area contributed by atoms with Gasteiger partial charge in [-0.15, -0.1) is 0 Å². The Morgan fingerprint density at radius 2 is 1.81 bits per heavy atom. The minimum Gasteiger partial charge on any atom is -0.366 e. The summed E-state index contributed by atoms with van der Waals surface area (Å²) in [6.45, 7) is 2.46. The highest BCUT2D eigenvalue weighted by atomic mass is 16.5. The fraction of sp³-hybridized carbons (Fsp3) is 0.176. The first kappa shape index (κ1) is 13.5. The average molecular weight is 280 g/mol. The van der Waals surface area contributed by atoms with E-state index in [9.17, 15) is 4.79 Å². The number of H-pyrrole nitrogens is 1. The van der Waals surface area contributed by atoms with E-state index in [1.807, 2.05) is 55.5 Å². The summed E-state index contributed by atoms with van der Waals surface area (Å²) in [4.78, 5) is 19.6. The van der Waals surface area contributed by atoms with Gasteiger partial charge in [-0.1, -0.05) is 42.5 Å². The quantitative estimate of drug-likeness (QED) is 0.799. The van der Waals surface area contributed by atoms with Gasteiger partial charge in [-0.25, -0.2) is 4.98 Å². The predicted molar refractivity (Wildman–Crippen MR) is 82.3 cm³/mol. The van der Waals surface area contributed by atoms with Crippen molar-refractivity contribution in [3.8, 4) is 0 Å². The average Bonchev–Trinajstić information content (AvgIpc) is 2.53. The topological polar surface area (TPSA) is 55.0 Å². The molecule has 21 heavy (non-hydrogen) atoms. The molecule has 4 heteroatoms. The van der Waals surface area contributed by atoms with E-state index in [1.165, 1.54) is 0 Å². The summed E-state index contributed by atoms with van der Waals surface area (Å²) in [6.07, 6.45) is -0.367. The lowest BCUT2D eigenvalue weighted by atomic mass is 10.1. The molecule has 3 aromatic rings. The summed E-state index contributed by atoms with van der Waals surface area (Å²) >= 11 is 0. The molecule has 0 radical (unpaired) electrons. The lowest BCUT2D eigenvalue weighted by Crippen LogP contribution is -2.17. The van der Waals surface area contributed by atoms with E-state index in [0.717, 1.165) is 5.56 Å². The van der Waals surface area contributed by atoms with E-state index in [2.05, 4.69) is 9.97 Å². The molecule has 1 atom stereocenters. The lowest BCUT2D eigenvalue weighted by molar-refractivity contribution is 0.0852. The molecular weight excluding hydrogens is 264 g/mol. The van der Waals surface area contributed by atoms with Gasteiger partial charge < -0.3 is 9.72 Å². The van der Waals surface area contributed by atoms with Gasteiger partial charge in [-0.3, -0.25) is 4.79 Å². The molecule has 106 valence electrons. The number of nitrogens with one attached hydrogen (secondary N) is 1. The van der Waals surface area contributed by atoms with Crippen LogP contribution in [0.25, 0.3) is 10.9 Å². The van der Waals surface area contributed by atoms with Crippen molar-refractivity contribution in [2.24, 2.45) is 0 Å². The molecule has 0 fully saturated rings. The zero-order valence-corrected chi connectivity index (χ0v) is 11.7. The highest BCUT2D eigenvalue weighted by molar-refractivity contribution is 5.77. The van der Waals surface area contributed by atoms with E-state index >= 15 is 0 Å². The van der Waals surface area contributed by atoms with E-state index in [-0.39, 0.29) is 11.7 Å². The Morgan fingerprint density at radius 1 is 1.10 bits per heavy atom. The summed E-state index contributed by atoms with van der Waals surface area (Å²) in [7, 11) is 0. The Hall–Kier alpha value is -2.46. The van der Waals surface area contributed by atoms with E-state index in [1.54, 1.807) is 6.07 Å². The molecule has 2 aromatic carbocycles. The van der Waals surface area contributed by atoms with Crippen molar-refractivity contribution in [2.45, 2.75) is 13.0 Å². The van der Waals surface area contributed by atoms with Crippen molar-refractivity contribution in [1.29, 1.82) is 0 Å². The third-order valence-corrected chi connectivity index (χ3v) is 3.32. The van der Waals surface area contributed by atoms with Gasteiger partial charge in [-0.2, -0.15) is 0 Å². The van der Waals surface area contributed by atoms with Gasteiger partial charge in [0.1, 0.15) is 11.9 Å². The second-order valence-corrected chi connectivity index (χ2v) is 4.71. The van der Waals surface area contributed by atoms with Crippen molar-refractivity contribution in [2.75, 3.05) is 6.61 Å². The van der Waals surface area contributed by atoms with Gasteiger partial charge in [0.15, 0.2) is 0 Å². The van der Waals surface area contributed by atoms with Gasteiger partial charge in [0, 0.05) is 6.61 Å². The third kappa shape index (κ3) is 2.71. The predicted octanol–water partition coefficient (Wildman–Crippen LogP) is 3.05. The molecule has 0 spiro atoms. The van der Waals surface area contributed by atoms with Crippen LogP contribution in [0.15, 0.2) is 59.4 Å². The number of aromatic amines is 1. The monoisotopic (exact) mass is 280 g/mol. The van der Waals surface area contributed by atoms with Crippen molar-refractivity contribution in [3.63, 3.8) is 0 Å². The van der Waals surface area contributed by atoms with Gasteiger partial charge in [0.25, 0.3) is 5.56 Å². The molecule has 1 N–H and O–H groups in total. The molecular formula is C17H16N2O2. The molecule has 0 saturated carbocycles. The molecule has 3 rings (SSSR count). The first-order valence-electron chi connectivity index (χ1n) is 6.95. The molecule has 0 aliphatic heterocycles. The number of para-hydroxylation sites is 1. The van der Waals surface area contributed by atoms with Crippen LogP contribution < -0.4 is 5.56 Å². The Labute approximate surface area is 122 Å². The molecule has 1 unspecified atom stereocenters. The summed E-state index contributed by atoms with van der Waals surface area (Å²) in [6, 6.07) is 17.1. The maximum atomic E-state index is 12.2. The number of nitrogens with zero attached hydrogens (tertiary/aromatic N) is 1. The Balaban J connectivity index is 2.14. The molecule has 1 aromatic heterocycles. The van der Waals surface area contributed by atoms with E-state index in [0.29, 0.717) is 23.3 Å². The highest BCUT2D eigenvalue weighted by Gasteiger charge is 2.17. The van der Waals surface area contributed by atoms with Crippen molar-refractivity contribution in [3.05, 3.63) is 76.3 Å². The van der Waals surface area contributed by atoms with Crippen LogP contribution in [0.2, 0.25) is 0 Å². The van der Waals surface area contributed by atoms with Crippen LogP contribution in [0.3, 0.4) is 0 Å². The SMILES string of the molecule is CCOC(c1ccccc1)c1nc2ccccc2c(=O)[nH]1. The maximum absolute atomic E-state index is 12.2. The number of benzene rings is 2. The largest absolute Gasteiger partial charge is 0.366 e. The van der Waals surface area contributed by atoms with Crippen LogP contribution in [0.1, 0.15) is 24.4 Å². The minimum atomic E-state index is -0.367. The number of fused-ring (bicyclic) bond motifs is 1. The smallest absolute Gasteiger partial charge is 0.258 e. The van der Waals surface area contributed by atoms with Crippen LogP contribution in [0, 0.1) is 0 Å². The second kappa shape index (κ2) is 5.89. The maximum Gasteiger partial charge on any atom is 0.258 e. The number of rotatable bonds is 4. The van der Waals surface area contributed by atoms with Gasteiger partial charge in [-0.05, 0) is 24.6 Å². The zero-order chi connectivity index (χ0) is 14.7. The molecule has 0 bridgehead atoms. The van der Waals surface area contributed by atoms with Crippen LogP contribution >= 0.6 is 0 Å². The third-order valence-electron chi connectivity index (χ3n) is 3.32. The molecule has 0 amide bonds. The summed E-state index contributed by atoms with van der Waals surface area (Å²) in [5.41, 5.74) is 1.51. The van der Waals surface area contributed by atoms with E-state index < -0.39 is 0 Å². The first-order valence-corrected chi connectivity index (χ1v) is 6.95. The minimum absolute atomic E-state index is 0.142. The van der Waals surface area contributed by atoms with Crippen molar-refractivity contribution in [1.82, 2.24) is 9.97 Å². The van der Waals surface area contributed by atoms with Crippen LogP contribution in [-0.2, 0) is 4.74 Å². The second-order valence-electron chi connectivity index (χ2n) is 4.71. The van der Waals surface area contributed by atoms with Crippen molar-refractivity contribution >= 4 is 10.9 Å². The number of hydrogen-bond donors (Lipinski definition) is 1. The van der Waals surface area contributed by atoms with Gasteiger partial charge in [0.2, 0.25) is 0 Å². The fourth-order valence-electron chi connectivity index (χ4n) is 2.36. The van der Waals surface area contributed by atoms with Crippen LogP contribution in [-0.4, -0.2) is 16.6 Å². The van der Waals surface area contributed by atoms with Crippen LogP contribution in [0.4, 0.5) is 0 Å². The van der Waals surface area contributed by atoms with Crippen LogP contribution in [0.5, 0.6) is 0 Å². The number of aromatic nitrogens is 2. The lowest BCUT2D eigenvalue weighted by Gasteiger charge is -2.17. The standard InChI is InChI=1S/C17H16N2O2/c1-2-21-15(12-8-4-3-5-9-12)16-18-14-11-7-6-10-13(14)17(20)19-16/h3-11,15H,2H2,1H3,(H,18,19,20). The zero-order valence-electron chi connectivity index (χ0n) is 11.7. The summed E-state index contributed by atoms with van der Waals surface area (Å²) < 4.78 is 5.79. The Bertz CT molecular complexity index is 796. The normalized spacial score (nSPS) is 12.4. The summed E-state index contributed by atoms with van der Waals surface area (Å²) in [5.74, 6) is 0.534. The summed E-state index contributed by atoms with van der Waals surface area (Å²) in [5, 5.41) is 0.588. The fourth-order valence-corrected chi connectivity index (χ4v) is 2.36. The van der Waals surface area contributed by atoms with E-state index in [4.69, 9.17) is 4.74 Å².